The van der Waals surface area contributed by atoms with Gasteiger partial charge in [-0.3, -0.25) is 4.79 Å². The summed E-state index contributed by atoms with van der Waals surface area (Å²) in [6.45, 7) is 0. The first-order valence-corrected chi connectivity index (χ1v) is 5.72. The summed E-state index contributed by atoms with van der Waals surface area (Å²) in [5.74, 6) is -3.17. The molecule has 0 aromatic carbocycles. The third-order valence-electron chi connectivity index (χ3n) is 1.85. The minimum atomic E-state index is -5.37. The van der Waals surface area contributed by atoms with Gasteiger partial charge in [0.2, 0.25) is 5.88 Å². The van der Waals surface area contributed by atoms with Crippen molar-refractivity contribution in [3.05, 3.63) is 20.9 Å². The molecule has 112 valence electrons. The molecule has 0 aliphatic carbocycles. The van der Waals surface area contributed by atoms with Crippen LogP contribution in [0.25, 0.3) is 0 Å². The van der Waals surface area contributed by atoms with Gasteiger partial charge in [-0.05, 0) is 28.7 Å². The topological polar surface area (TPSA) is 59.4 Å². The number of carboxylic acids is 1. The molecule has 0 fully saturated rings. The summed E-state index contributed by atoms with van der Waals surface area (Å²) < 4.78 is 76.9. The van der Waals surface area contributed by atoms with Crippen LogP contribution in [0.1, 0.15) is 11.3 Å². The molecule has 1 heterocycles. The number of hydrogen-bond donors (Lipinski definition) is 1. The molecule has 0 radical (unpaired) electrons. The second-order valence-electron chi connectivity index (χ2n) is 3.39. The molecule has 1 rings (SSSR count). The molecular formula is C9H4F6INO3. The van der Waals surface area contributed by atoms with Crippen molar-refractivity contribution in [3.63, 3.8) is 0 Å². The number of halogens is 7. The number of aliphatic carboxylic acids is 1. The van der Waals surface area contributed by atoms with Gasteiger partial charge in [-0.15, -0.1) is 13.2 Å². The number of pyridine rings is 1. The van der Waals surface area contributed by atoms with Gasteiger partial charge in [0.05, 0.1) is 12.1 Å². The Balaban J connectivity index is 3.38. The Hall–Kier alpha value is -1.27. The monoisotopic (exact) mass is 415 g/mol. The Bertz CT molecular complexity index is 528. The zero-order valence-corrected chi connectivity index (χ0v) is 11.3. The van der Waals surface area contributed by atoms with Crippen LogP contribution in [0, 0.1) is 3.57 Å². The summed E-state index contributed by atoms with van der Waals surface area (Å²) in [5, 5.41) is 8.52. The predicted molar refractivity (Wildman–Crippen MR) is 60.0 cm³/mol. The molecule has 4 nitrogen and oxygen atoms in total. The van der Waals surface area contributed by atoms with Crippen molar-refractivity contribution < 1.29 is 41.0 Å². The van der Waals surface area contributed by atoms with Crippen molar-refractivity contribution >= 4 is 28.6 Å². The van der Waals surface area contributed by atoms with Gasteiger partial charge in [-0.2, -0.15) is 13.2 Å². The average molecular weight is 415 g/mol. The fraction of sp³-hybridized carbons (Fsp3) is 0.333. The summed E-state index contributed by atoms with van der Waals surface area (Å²) in [6, 6.07) is 0.354. The zero-order valence-electron chi connectivity index (χ0n) is 9.14. The predicted octanol–water partition coefficient (Wildman–Crippen LogP) is 3.23. The maximum Gasteiger partial charge on any atom is 0.574 e. The van der Waals surface area contributed by atoms with Crippen molar-refractivity contribution in [2.75, 3.05) is 0 Å². The molecule has 0 atom stereocenters. The average Bonchev–Trinajstić information content (AvgIpc) is 2.17. The Morgan fingerprint density at radius 2 is 1.85 bits per heavy atom. The summed E-state index contributed by atoms with van der Waals surface area (Å²) in [4.78, 5) is 13.5. The molecular weight excluding hydrogens is 411 g/mol. The molecule has 0 spiro atoms. The largest absolute Gasteiger partial charge is 0.574 e. The van der Waals surface area contributed by atoms with E-state index in [1.807, 2.05) is 0 Å². The van der Waals surface area contributed by atoms with E-state index in [-0.39, 0.29) is 3.57 Å². The number of rotatable bonds is 3. The van der Waals surface area contributed by atoms with Crippen molar-refractivity contribution in [2.45, 2.75) is 19.0 Å². The zero-order chi connectivity index (χ0) is 15.7. The van der Waals surface area contributed by atoms with Crippen LogP contribution < -0.4 is 4.74 Å². The molecule has 0 amide bonds. The van der Waals surface area contributed by atoms with Gasteiger partial charge >= 0.3 is 18.5 Å². The second kappa shape index (κ2) is 5.61. The first-order chi connectivity index (χ1) is 8.90. The van der Waals surface area contributed by atoms with E-state index >= 15 is 0 Å². The quantitative estimate of drug-likeness (QED) is 0.609. The molecule has 0 aliphatic rings. The van der Waals surface area contributed by atoms with Crippen molar-refractivity contribution in [1.29, 1.82) is 0 Å². The Kier molecular flexibility index (Phi) is 4.71. The number of nitrogens with zero attached hydrogens (tertiary/aromatic N) is 1. The minimum Gasteiger partial charge on any atom is -0.481 e. The van der Waals surface area contributed by atoms with Crippen LogP contribution in [0.4, 0.5) is 26.3 Å². The third-order valence-corrected chi connectivity index (χ3v) is 2.78. The van der Waals surface area contributed by atoms with Crippen molar-refractivity contribution in [1.82, 2.24) is 4.98 Å². The Labute approximate surface area is 120 Å². The van der Waals surface area contributed by atoms with Gasteiger partial charge < -0.3 is 9.84 Å². The van der Waals surface area contributed by atoms with Gasteiger partial charge in [0.1, 0.15) is 5.56 Å². The molecule has 1 N–H and O–H groups in total. The van der Waals surface area contributed by atoms with Crippen LogP contribution in [0.3, 0.4) is 0 Å². The number of hydrogen-bond acceptors (Lipinski definition) is 3. The van der Waals surface area contributed by atoms with Crippen LogP contribution in [0.15, 0.2) is 6.07 Å². The molecule has 0 saturated carbocycles. The number of carbonyl (C=O) groups is 1. The van der Waals surface area contributed by atoms with E-state index in [0.29, 0.717) is 6.07 Å². The lowest BCUT2D eigenvalue weighted by Gasteiger charge is -2.16. The maximum atomic E-state index is 12.6. The van der Waals surface area contributed by atoms with Crippen molar-refractivity contribution in [3.8, 4) is 5.88 Å². The van der Waals surface area contributed by atoms with E-state index in [9.17, 15) is 31.1 Å². The van der Waals surface area contributed by atoms with E-state index in [2.05, 4.69) is 9.72 Å². The molecule has 11 heteroatoms. The highest BCUT2D eigenvalue weighted by atomic mass is 127. The summed E-state index contributed by atoms with van der Waals surface area (Å²) >= 11 is 1.35. The van der Waals surface area contributed by atoms with Crippen LogP contribution >= 0.6 is 22.6 Å². The minimum absolute atomic E-state index is 0.230. The second-order valence-corrected chi connectivity index (χ2v) is 4.55. The molecule has 0 aliphatic heterocycles. The normalized spacial score (nSPS) is 12.3. The lowest BCUT2D eigenvalue weighted by molar-refractivity contribution is -0.277. The lowest BCUT2D eigenvalue weighted by Crippen LogP contribution is -2.22. The summed E-state index contributed by atoms with van der Waals surface area (Å²) in [5.41, 5.74) is -2.18. The van der Waals surface area contributed by atoms with Gasteiger partial charge in [0.25, 0.3) is 0 Å². The van der Waals surface area contributed by atoms with Crippen LogP contribution in [-0.4, -0.2) is 22.4 Å². The summed E-state index contributed by atoms with van der Waals surface area (Å²) in [7, 11) is 0. The van der Waals surface area contributed by atoms with Crippen molar-refractivity contribution in [2.24, 2.45) is 0 Å². The summed E-state index contributed by atoms with van der Waals surface area (Å²) in [6.07, 6.45) is -11.3. The van der Waals surface area contributed by atoms with Gasteiger partial charge in [0, 0.05) is 3.57 Å². The smallest absolute Gasteiger partial charge is 0.481 e. The molecule has 0 saturated heterocycles. The number of ether oxygens (including phenoxy) is 1. The first-order valence-electron chi connectivity index (χ1n) is 4.64. The maximum absolute atomic E-state index is 12.6. The van der Waals surface area contributed by atoms with E-state index in [4.69, 9.17) is 5.11 Å². The van der Waals surface area contributed by atoms with E-state index in [1.54, 1.807) is 0 Å². The lowest BCUT2D eigenvalue weighted by atomic mass is 10.2. The third kappa shape index (κ3) is 4.68. The number of aromatic nitrogens is 1. The van der Waals surface area contributed by atoms with Gasteiger partial charge in [-0.25, -0.2) is 4.98 Å². The highest BCUT2D eigenvalue weighted by molar-refractivity contribution is 14.1. The molecule has 1 aromatic heterocycles. The molecule has 20 heavy (non-hydrogen) atoms. The number of alkyl halides is 6. The first kappa shape index (κ1) is 16.8. The van der Waals surface area contributed by atoms with E-state index < -0.39 is 42.1 Å². The Morgan fingerprint density at radius 3 is 2.25 bits per heavy atom. The highest BCUT2D eigenvalue weighted by Gasteiger charge is 2.41. The number of carboxylic acid groups (broad SMARTS) is 1. The van der Waals surface area contributed by atoms with Crippen LogP contribution in [0.5, 0.6) is 5.88 Å². The fourth-order valence-corrected chi connectivity index (χ4v) is 1.79. The molecule has 0 bridgehead atoms. The van der Waals surface area contributed by atoms with E-state index in [0.717, 1.165) is 0 Å². The van der Waals surface area contributed by atoms with E-state index in [1.165, 1.54) is 22.6 Å². The SMILES string of the molecule is O=C(O)Cc1nc(OC(F)(F)F)c(C(F)(F)F)cc1I. The van der Waals surface area contributed by atoms with Crippen LogP contribution in [-0.2, 0) is 17.4 Å². The van der Waals surface area contributed by atoms with Crippen LogP contribution in [0.2, 0.25) is 0 Å². The molecule has 1 aromatic rings. The Morgan fingerprint density at radius 1 is 1.30 bits per heavy atom. The highest BCUT2D eigenvalue weighted by Crippen LogP contribution is 2.38. The fourth-order valence-electron chi connectivity index (χ4n) is 1.17. The van der Waals surface area contributed by atoms with Gasteiger partial charge in [0.15, 0.2) is 0 Å². The van der Waals surface area contributed by atoms with Gasteiger partial charge in [-0.1, -0.05) is 0 Å². The standard InChI is InChI=1S/C9H4F6INO3/c10-8(11,12)3-1-4(16)5(2-6(18)19)17-7(3)20-9(13,14)15/h1H,2H2,(H,18,19). The molecule has 0 unspecified atom stereocenters.